The number of H-pyrrole nitrogens is 2. The van der Waals surface area contributed by atoms with Crippen molar-refractivity contribution in [3.8, 4) is 33.9 Å². The Morgan fingerprint density at radius 2 is 1.77 bits per heavy atom. The molecule has 0 saturated heterocycles. The lowest BCUT2D eigenvalue weighted by Gasteiger charge is -2.23. The van der Waals surface area contributed by atoms with E-state index < -0.39 is 12.0 Å². The van der Waals surface area contributed by atoms with Crippen molar-refractivity contribution < 1.29 is 13.9 Å². The second kappa shape index (κ2) is 9.76. The Bertz CT molecular complexity index is 1840. The molecule has 1 unspecified atom stereocenters. The molecule has 1 aromatic carbocycles. The van der Waals surface area contributed by atoms with Gasteiger partial charge in [0, 0.05) is 23.5 Å². The minimum atomic E-state index is -0.792. The molecular weight excluding hydrogens is 514 g/mol. The van der Waals surface area contributed by atoms with Crippen LogP contribution in [0.25, 0.3) is 56.0 Å². The van der Waals surface area contributed by atoms with Gasteiger partial charge in [0.2, 0.25) is 0 Å². The maximum absolute atomic E-state index is 16.1. The van der Waals surface area contributed by atoms with Gasteiger partial charge in [-0.2, -0.15) is 5.10 Å². The van der Waals surface area contributed by atoms with Crippen LogP contribution in [0.5, 0.6) is 0 Å². The fourth-order valence-electron chi connectivity index (χ4n) is 4.70. The van der Waals surface area contributed by atoms with Crippen LogP contribution >= 0.6 is 0 Å². The molecule has 6 rings (SSSR count). The molecule has 4 N–H and O–H groups in total. The molecule has 0 aliphatic rings. The van der Waals surface area contributed by atoms with Gasteiger partial charge in [0.25, 0.3) is 0 Å². The van der Waals surface area contributed by atoms with Gasteiger partial charge in [-0.15, -0.1) is 0 Å². The van der Waals surface area contributed by atoms with E-state index >= 15 is 4.39 Å². The van der Waals surface area contributed by atoms with Crippen LogP contribution in [0.1, 0.15) is 27.2 Å². The topological polar surface area (TPSA) is 128 Å². The van der Waals surface area contributed by atoms with E-state index in [0.29, 0.717) is 40.2 Å². The van der Waals surface area contributed by atoms with Crippen molar-refractivity contribution in [1.82, 2.24) is 35.1 Å². The highest BCUT2D eigenvalue weighted by atomic mass is 19.1. The van der Waals surface area contributed by atoms with Gasteiger partial charge in [-0.1, -0.05) is 32.9 Å². The fourth-order valence-corrected chi connectivity index (χ4v) is 4.70. The molecular formula is C29H26F2N8O. The number of nitrogens with one attached hydrogen (secondary N) is 3. The van der Waals surface area contributed by atoms with Gasteiger partial charge < -0.3 is 15.4 Å². The summed E-state index contributed by atoms with van der Waals surface area (Å²) in [7, 11) is 0. The first-order valence-electron chi connectivity index (χ1n) is 12.7. The molecule has 9 nitrogen and oxygen atoms in total. The Morgan fingerprint density at radius 1 is 0.975 bits per heavy atom. The number of aromatic nitrogens is 7. The Kier molecular flexibility index (Phi) is 6.22. The van der Waals surface area contributed by atoms with Crippen LogP contribution in [0.3, 0.4) is 0 Å². The van der Waals surface area contributed by atoms with E-state index in [1.165, 1.54) is 24.5 Å². The van der Waals surface area contributed by atoms with Gasteiger partial charge in [0.1, 0.15) is 28.9 Å². The molecule has 1 atom stereocenters. The molecule has 0 aliphatic carbocycles. The number of rotatable bonds is 6. The van der Waals surface area contributed by atoms with Crippen molar-refractivity contribution in [3.05, 3.63) is 72.8 Å². The van der Waals surface area contributed by atoms with Crippen molar-refractivity contribution in [3.63, 3.8) is 0 Å². The second-order valence-electron chi connectivity index (χ2n) is 10.8. The zero-order valence-corrected chi connectivity index (χ0v) is 22.0. The normalized spacial score (nSPS) is 12.8. The highest BCUT2D eigenvalue weighted by molar-refractivity contribution is 5.97. The van der Waals surface area contributed by atoms with E-state index in [2.05, 4.69) is 35.5 Å². The lowest BCUT2D eigenvalue weighted by Crippen LogP contribution is -2.25. The van der Waals surface area contributed by atoms with E-state index in [9.17, 15) is 9.50 Å². The molecule has 0 amide bonds. The SMILES string of the molecule is CC(C)(C)CC(O)Nc1cncc(-c2ncc3[nH]nc(-c4nc5c(-c6ccc(F)cc6)ccnc5[nH]4)c3c2F)c1. The van der Waals surface area contributed by atoms with E-state index in [-0.39, 0.29) is 28.0 Å². The first-order valence-corrected chi connectivity index (χ1v) is 12.7. The smallest absolute Gasteiger partial charge is 0.161 e. The van der Waals surface area contributed by atoms with Crippen molar-refractivity contribution in [2.45, 2.75) is 33.4 Å². The molecule has 0 spiro atoms. The summed E-state index contributed by atoms with van der Waals surface area (Å²) in [6, 6.07) is 9.57. The number of anilines is 1. The van der Waals surface area contributed by atoms with E-state index in [4.69, 9.17) is 4.98 Å². The molecule has 0 radical (unpaired) electrons. The fraction of sp³-hybridized carbons (Fsp3) is 0.207. The minimum absolute atomic E-state index is 0.0813. The van der Waals surface area contributed by atoms with Crippen molar-refractivity contribution in [1.29, 1.82) is 0 Å². The number of hydrogen-bond acceptors (Lipinski definition) is 7. The third-order valence-electron chi connectivity index (χ3n) is 6.46. The monoisotopic (exact) mass is 540 g/mol. The molecule has 0 fully saturated rings. The molecule has 202 valence electrons. The third kappa shape index (κ3) is 4.87. The van der Waals surface area contributed by atoms with Gasteiger partial charge in [-0.3, -0.25) is 15.1 Å². The van der Waals surface area contributed by atoms with Crippen molar-refractivity contribution in [2.75, 3.05) is 5.32 Å². The van der Waals surface area contributed by atoms with Gasteiger partial charge in [-0.05, 0) is 41.7 Å². The van der Waals surface area contributed by atoms with Gasteiger partial charge in [-0.25, -0.2) is 18.7 Å². The molecule has 5 aromatic heterocycles. The molecule has 0 aliphatic heterocycles. The quantitative estimate of drug-likeness (QED) is 0.189. The summed E-state index contributed by atoms with van der Waals surface area (Å²) in [5.74, 6) is -0.613. The number of nitrogens with zero attached hydrogens (tertiary/aromatic N) is 5. The van der Waals surface area contributed by atoms with Crippen LogP contribution in [-0.4, -0.2) is 46.5 Å². The lowest BCUT2D eigenvalue weighted by atomic mass is 9.91. The van der Waals surface area contributed by atoms with Crippen LogP contribution < -0.4 is 5.32 Å². The third-order valence-corrected chi connectivity index (χ3v) is 6.46. The Morgan fingerprint density at radius 3 is 2.55 bits per heavy atom. The summed E-state index contributed by atoms with van der Waals surface area (Å²) in [4.78, 5) is 20.7. The van der Waals surface area contributed by atoms with E-state index in [1.54, 1.807) is 36.7 Å². The summed E-state index contributed by atoms with van der Waals surface area (Å²) in [6.45, 7) is 6.10. The summed E-state index contributed by atoms with van der Waals surface area (Å²) in [5, 5.41) is 20.8. The number of imidazole rings is 1. The molecule has 0 saturated carbocycles. The molecule has 40 heavy (non-hydrogen) atoms. The Balaban J connectivity index is 1.39. The van der Waals surface area contributed by atoms with Crippen LogP contribution in [0.2, 0.25) is 0 Å². The number of pyridine rings is 3. The van der Waals surface area contributed by atoms with Crippen LogP contribution in [-0.2, 0) is 0 Å². The average molecular weight is 541 g/mol. The van der Waals surface area contributed by atoms with Gasteiger partial charge in [0.05, 0.1) is 29.0 Å². The average Bonchev–Trinajstić information content (AvgIpc) is 3.53. The number of halogens is 2. The Labute approximate surface area is 227 Å². The number of benzene rings is 1. The number of fused-ring (bicyclic) bond motifs is 2. The number of aromatic amines is 2. The van der Waals surface area contributed by atoms with E-state index in [0.717, 1.165) is 11.1 Å². The van der Waals surface area contributed by atoms with Gasteiger partial charge >= 0.3 is 0 Å². The number of aliphatic hydroxyl groups is 1. The zero-order valence-electron chi connectivity index (χ0n) is 22.0. The van der Waals surface area contributed by atoms with Crippen LogP contribution in [0, 0.1) is 17.0 Å². The van der Waals surface area contributed by atoms with Gasteiger partial charge in [0.15, 0.2) is 17.3 Å². The minimum Gasteiger partial charge on any atom is -0.374 e. The predicted molar refractivity (Wildman–Crippen MR) is 149 cm³/mol. The van der Waals surface area contributed by atoms with Crippen molar-refractivity contribution >= 4 is 27.8 Å². The Hall–Kier alpha value is -4.77. The maximum Gasteiger partial charge on any atom is 0.161 e. The highest BCUT2D eigenvalue weighted by Crippen LogP contribution is 2.34. The van der Waals surface area contributed by atoms with Crippen molar-refractivity contribution in [2.24, 2.45) is 5.41 Å². The zero-order chi connectivity index (χ0) is 28.0. The lowest BCUT2D eigenvalue weighted by molar-refractivity contribution is 0.145. The predicted octanol–water partition coefficient (Wildman–Crippen LogP) is 6.07. The summed E-state index contributed by atoms with van der Waals surface area (Å²) in [5.41, 5.74) is 4.19. The summed E-state index contributed by atoms with van der Waals surface area (Å²) < 4.78 is 29.6. The molecule has 6 aromatic rings. The van der Waals surface area contributed by atoms with Crippen LogP contribution in [0.15, 0.2) is 61.2 Å². The summed E-state index contributed by atoms with van der Waals surface area (Å²) in [6.07, 6.45) is 5.93. The molecule has 11 heteroatoms. The van der Waals surface area contributed by atoms with Crippen LogP contribution in [0.4, 0.5) is 14.5 Å². The second-order valence-corrected chi connectivity index (χ2v) is 10.8. The standard InChI is InChI=1S/C29H26F2N8O/c1-29(2,3)11-21(40)35-18-10-16(12-32-13-18)24-23(31)22-20(14-34-24)38-39-26(22)28-36-25-19(8-9-33-27(25)37-28)15-4-6-17(30)7-5-15/h4-10,12-14,21,35,40H,11H2,1-3H3,(H,38,39)(H,33,36,37). The first-order chi connectivity index (χ1) is 19.2. The molecule has 5 heterocycles. The van der Waals surface area contributed by atoms with E-state index in [1.807, 2.05) is 20.8 Å². The largest absolute Gasteiger partial charge is 0.374 e. The summed E-state index contributed by atoms with van der Waals surface area (Å²) >= 11 is 0. The number of aliphatic hydroxyl groups excluding tert-OH is 1. The number of hydrogen-bond donors (Lipinski definition) is 4. The molecule has 0 bridgehead atoms. The highest BCUT2D eigenvalue weighted by Gasteiger charge is 2.22. The maximum atomic E-state index is 16.1. The first kappa shape index (κ1) is 25.5.